The van der Waals surface area contributed by atoms with Gasteiger partial charge in [-0.15, -0.1) is 24.8 Å². The normalized spacial score (nSPS) is 11.2. The standard InChI is InChI=1S/C14H23N3O.2ClH/c1-11(15)7-8-16-14(18)13-6-4-5-12(9-13)10-17(2)3;;/h4-6,9,11H,7-8,10,15H2,1-3H3,(H,16,18);2*1H. The Hall–Kier alpha value is -0.810. The van der Waals surface area contributed by atoms with Gasteiger partial charge in [0.15, 0.2) is 0 Å². The molecule has 0 bridgehead atoms. The van der Waals surface area contributed by atoms with Gasteiger partial charge in [0, 0.05) is 24.7 Å². The van der Waals surface area contributed by atoms with E-state index in [2.05, 4.69) is 10.2 Å². The molecule has 1 rings (SSSR count). The molecular weight excluding hydrogens is 297 g/mol. The molecule has 116 valence electrons. The summed E-state index contributed by atoms with van der Waals surface area (Å²) in [5.74, 6) is -0.0312. The first-order valence-corrected chi connectivity index (χ1v) is 6.26. The third-order valence-electron chi connectivity index (χ3n) is 2.57. The number of nitrogens with zero attached hydrogens (tertiary/aromatic N) is 1. The zero-order valence-corrected chi connectivity index (χ0v) is 13.9. The quantitative estimate of drug-likeness (QED) is 0.843. The molecule has 0 saturated carbocycles. The van der Waals surface area contributed by atoms with E-state index >= 15 is 0 Å². The molecule has 0 aliphatic heterocycles. The van der Waals surface area contributed by atoms with Crippen molar-refractivity contribution in [2.75, 3.05) is 20.6 Å². The summed E-state index contributed by atoms with van der Waals surface area (Å²) in [4.78, 5) is 14.0. The largest absolute Gasteiger partial charge is 0.352 e. The molecule has 4 nitrogen and oxygen atoms in total. The number of rotatable bonds is 6. The molecule has 1 amide bonds. The Kier molecular flexibility index (Phi) is 11.7. The van der Waals surface area contributed by atoms with E-state index in [1.165, 1.54) is 0 Å². The molecular formula is C14H25Cl2N3O. The zero-order valence-electron chi connectivity index (χ0n) is 12.3. The van der Waals surface area contributed by atoms with Crippen molar-refractivity contribution >= 4 is 30.7 Å². The van der Waals surface area contributed by atoms with Crippen molar-refractivity contribution in [3.63, 3.8) is 0 Å². The van der Waals surface area contributed by atoms with Crippen molar-refractivity contribution in [2.24, 2.45) is 5.73 Å². The van der Waals surface area contributed by atoms with Crippen molar-refractivity contribution in [1.29, 1.82) is 0 Å². The van der Waals surface area contributed by atoms with E-state index in [1.807, 2.05) is 45.3 Å². The number of hydrogen-bond donors (Lipinski definition) is 2. The van der Waals surface area contributed by atoms with E-state index in [1.54, 1.807) is 0 Å². The molecule has 1 unspecified atom stereocenters. The maximum atomic E-state index is 11.9. The number of nitrogens with one attached hydrogen (secondary N) is 1. The van der Waals surface area contributed by atoms with E-state index in [-0.39, 0.29) is 36.8 Å². The number of carbonyl (C=O) groups excluding carboxylic acids is 1. The van der Waals surface area contributed by atoms with Crippen molar-refractivity contribution < 1.29 is 4.79 Å². The summed E-state index contributed by atoms with van der Waals surface area (Å²) < 4.78 is 0. The SMILES string of the molecule is CC(N)CCNC(=O)c1cccc(CN(C)C)c1.Cl.Cl. The van der Waals surface area contributed by atoms with Gasteiger partial charge in [-0.25, -0.2) is 0 Å². The monoisotopic (exact) mass is 321 g/mol. The van der Waals surface area contributed by atoms with Gasteiger partial charge in [-0.05, 0) is 45.1 Å². The lowest BCUT2D eigenvalue weighted by Gasteiger charge is -2.11. The van der Waals surface area contributed by atoms with Crippen molar-refractivity contribution in [3.8, 4) is 0 Å². The Morgan fingerprint density at radius 1 is 1.35 bits per heavy atom. The van der Waals surface area contributed by atoms with E-state index in [0.717, 1.165) is 18.5 Å². The summed E-state index contributed by atoms with van der Waals surface area (Å²) in [6.45, 7) is 3.39. The fraction of sp³-hybridized carbons (Fsp3) is 0.500. The van der Waals surface area contributed by atoms with Gasteiger partial charge >= 0.3 is 0 Å². The second-order valence-electron chi connectivity index (χ2n) is 4.96. The van der Waals surface area contributed by atoms with Gasteiger partial charge in [-0.3, -0.25) is 4.79 Å². The summed E-state index contributed by atoms with van der Waals surface area (Å²) in [5, 5.41) is 2.88. The molecule has 0 fully saturated rings. The molecule has 0 aliphatic rings. The first kappa shape index (κ1) is 21.5. The zero-order chi connectivity index (χ0) is 13.5. The third kappa shape index (κ3) is 8.38. The molecule has 1 aromatic carbocycles. The third-order valence-corrected chi connectivity index (χ3v) is 2.57. The Bertz CT molecular complexity index is 398. The van der Waals surface area contributed by atoms with Crippen LogP contribution in [-0.2, 0) is 6.54 Å². The van der Waals surface area contributed by atoms with Crippen molar-refractivity contribution in [3.05, 3.63) is 35.4 Å². The highest BCUT2D eigenvalue weighted by Crippen LogP contribution is 2.07. The number of nitrogens with two attached hydrogens (primary N) is 1. The van der Waals surface area contributed by atoms with Gasteiger partial charge in [0.25, 0.3) is 5.91 Å². The van der Waals surface area contributed by atoms with Gasteiger partial charge in [-0.2, -0.15) is 0 Å². The summed E-state index contributed by atoms with van der Waals surface area (Å²) in [6.07, 6.45) is 0.795. The average molecular weight is 322 g/mol. The second kappa shape index (κ2) is 10.9. The maximum absolute atomic E-state index is 11.9. The van der Waals surface area contributed by atoms with E-state index in [4.69, 9.17) is 5.73 Å². The minimum absolute atomic E-state index is 0. The second-order valence-corrected chi connectivity index (χ2v) is 4.96. The van der Waals surface area contributed by atoms with E-state index in [9.17, 15) is 4.79 Å². The highest BCUT2D eigenvalue weighted by molar-refractivity contribution is 5.94. The minimum atomic E-state index is -0.0312. The van der Waals surface area contributed by atoms with Crippen LogP contribution in [0.4, 0.5) is 0 Å². The molecule has 6 heteroatoms. The minimum Gasteiger partial charge on any atom is -0.352 e. The summed E-state index contributed by atoms with van der Waals surface area (Å²) >= 11 is 0. The number of benzene rings is 1. The fourth-order valence-corrected chi connectivity index (χ4v) is 1.69. The first-order valence-electron chi connectivity index (χ1n) is 6.26. The Morgan fingerprint density at radius 2 is 2.00 bits per heavy atom. The van der Waals surface area contributed by atoms with Crippen LogP contribution in [0.25, 0.3) is 0 Å². The van der Waals surface area contributed by atoms with Crippen LogP contribution >= 0.6 is 24.8 Å². The highest BCUT2D eigenvalue weighted by atomic mass is 35.5. The number of amides is 1. The lowest BCUT2D eigenvalue weighted by Crippen LogP contribution is -2.29. The lowest BCUT2D eigenvalue weighted by atomic mass is 10.1. The number of carbonyl (C=O) groups is 1. The Balaban J connectivity index is 0. The topological polar surface area (TPSA) is 58.4 Å². The molecule has 1 aromatic rings. The fourth-order valence-electron chi connectivity index (χ4n) is 1.69. The van der Waals surface area contributed by atoms with Crippen LogP contribution in [0.2, 0.25) is 0 Å². The summed E-state index contributed by atoms with van der Waals surface area (Å²) in [7, 11) is 4.02. The Morgan fingerprint density at radius 3 is 2.55 bits per heavy atom. The molecule has 0 aliphatic carbocycles. The van der Waals surface area contributed by atoms with E-state index in [0.29, 0.717) is 12.1 Å². The molecule has 0 spiro atoms. The van der Waals surface area contributed by atoms with Crippen LogP contribution in [0.1, 0.15) is 29.3 Å². The smallest absolute Gasteiger partial charge is 0.251 e. The van der Waals surface area contributed by atoms with Gasteiger partial charge in [-0.1, -0.05) is 12.1 Å². The van der Waals surface area contributed by atoms with Crippen LogP contribution in [0.15, 0.2) is 24.3 Å². The van der Waals surface area contributed by atoms with Crippen LogP contribution in [0, 0.1) is 0 Å². The average Bonchev–Trinajstić information content (AvgIpc) is 2.27. The predicted octanol–water partition coefficient (Wildman–Crippen LogP) is 2.06. The summed E-state index contributed by atoms with van der Waals surface area (Å²) in [5.41, 5.74) is 7.49. The van der Waals surface area contributed by atoms with Crippen molar-refractivity contribution in [1.82, 2.24) is 10.2 Å². The molecule has 0 saturated heterocycles. The molecule has 0 heterocycles. The molecule has 0 radical (unpaired) electrons. The number of halogens is 2. The van der Waals surface area contributed by atoms with Crippen LogP contribution < -0.4 is 11.1 Å². The van der Waals surface area contributed by atoms with Gasteiger partial charge in [0.1, 0.15) is 0 Å². The van der Waals surface area contributed by atoms with Crippen LogP contribution in [0.3, 0.4) is 0 Å². The molecule has 0 aromatic heterocycles. The van der Waals surface area contributed by atoms with Crippen LogP contribution in [-0.4, -0.2) is 37.5 Å². The molecule has 1 atom stereocenters. The summed E-state index contributed by atoms with van der Waals surface area (Å²) in [6, 6.07) is 7.82. The predicted molar refractivity (Wildman–Crippen MR) is 88.9 cm³/mol. The molecule has 3 N–H and O–H groups in total. The van der Waals surface area contributed by atoms with Crippen LogP contribution in [0.5, 0.6) is 0 Å². The number of hydrogen-bond acceptors (Lipinski definition) is 3. The van der Waals surface area contributed by atoms with Crippen molar-refractivity contribution in [2.45, 2.75) is 25.9 Å². The van der Waals surface area contributed by atoms with Gasteiger partial charge in [0.05, 0.1) is 0 Å². The highest BCUT2D eigenvalue weighted by Gasteiger charge is 2.06. The van der Waals surface area contributed by atoms with E-state index < -0.39 is 0 Å². The van der Waals surface area contributed by atoms with Gasteiger partial charge in [0.2, 0.25) is 0 Å². The van der Waals surface area contributed by atoms with Gasteiger partial charge < -0.3 is 16.0 Å². The first-order chi connectivity index (χ1) is 8.49. The molecule has 20 heavy (non-hydrogen) atoms. The lowest BCUT2D eigenvalue weighted by molar-refractivity contribution is 0.0952. The Labute approximate surface area is 133 Å². The maximum Gasteiger partial charge on any atom is 0.251 e.